The molecule has 0 saturated heterocycles. The first kappa shape index (κ1) is 15.7. The molecule has 2 aromatic carbocycles. The van der Waals surface area contributed by atoms with Crippen molar-refractivity contribution < 1.29 is 9.00 Å². The van der Waals surface area contributed by atoms with Crippen LogP contribution in [0.25, 0.3) is 0 Å². The molecule has 1 N–H and O–H groups in total. The molecule has 0 spiro atoms. The van der Waals surface area contributed by atoms with E-state index in [2.05, 4.69) is 5.32 Å². The molecule has 2 atom stereocenters. The second kappa shape index (κ2) is 6.87. The van der Waals surface area contributed by atoms with Crippen molar-refractivity contribution in [2.24, 2.45) is 0 Å². The zero-order chi connectivity index (χ0) is 15.4. The second-order valence-electron chi connectivity index (χ2n) is 4.73. The summed E-state index contributed by atoms with van der Waals surface area (Å²) in [6.07, 6.45) is 1.61. The lowest BCUT2D eigenvalue weighted by molar-refractivity contribution is 0.0940. The fraction of sp³-hybridized carbons (Fsp3) is 0.188. The summed E-state index contributed by atoms with van der Waals surface area (Å²) in [6.45, 7) is 1.90. The Kier molecular flexibility index (Phi) is 5.15. The van der Waals surface area contributed by atoms with Crippen molar-refractivity contribution in [3.05, 3.63) is 64.7 Å². The minimum absolute atomic E-state index is 0.142. The Morgan fingerprint density at radius 2 is 1.86 bits per heavy atom. The minimum Gasteiger partial charge on any atom is -0.346 e. The van der Waals surface area contributed by atoms with Crippen LogP contribution in [0.15, 0.2) is 53.4 Å². The third kappa shape index (κ3) is 4.16. The molecule has 0 fully saturated rings. The maximum atomic E-state index is 12.2. The Morgan fingerprint density at radius 1 is 1.19 bits per heavy atom. The van der Waals surface area contributed by atoms with Crippen LogP contribution in [0.2, 0.25) is 5.02 Å². The van der Waals surface area contributed by atoms with E-state index in [-0.39, 0.29) is 11.9 Å². The summed E-state index contributed by atoms with van der Waals surface area (Å²) in [6, 6.07) is 14.0. The van der Waals surface area contributed by atoms with Crippen LogP contribution in [0.5, 0.6) is 0 Å². The summed E-state index contributed by atoms with van der Waals surface area (Å²) in [5.41, 5.74) is 1.49. The van der Waals surface area contributed by atoms with Gasteiger partial charge in [-0.1, -0.05) is 23.7 Å². The molecular formula is C16H16ClNO2S. The second-order valence-corrected chi connectivity index (χ2v) is 6.54. The van der Waals surface area contributed by atoms with E-state index in [1.165, 1.54) is 0 Å². The monoisotopic (exact) mass is 321 g/mol. The Morgan fingerprint density at radius 3 is 2.43 bits per heavy atom. The van der Waals surface area contributed by atoms with Gasteiger partial charge < -0.3 is 5.32 Å². The predicted molar refractivity (Wildman–Crippen MR) is 86.1 cm³/mol. The Labute approximate surface area is 131 Å². The third-order valence-electron chi connectivity index (χ3n) is 3.14. The number of carbonyl (C=O) groups excluding carboxylic acids is 1. The highest BCUT2D eigenvalue weighted by molar-refractivity contribution is 7.84. The molecule has 0 aliphatic carbocycles. The van der Waals surface area contributed by atoms with Crippen LogP contribution in [0.3, 0.4) is 0 Å². The van der Waals surface area contributed by atoms with E-state index in [1.807, 2.05) is 25.1 Å². The van der Waals surface area contributed by atoms with Crippen LogP contribution < -0.4 is 5.32 Å². The van der Waals surface area contributed by atoms with E-state index < -0.39 is 10.8 Å². The summed E-state index contributed by atoms with van der Waals surface area (Å²) in [5.74, 6) is -0.170. The molecule has 2 unspecified atom stereocenters. The van der Waals surface area contributed by atoms with Crippen LogP contribution in [0, 0.1) is 0 Å². The zero-order valence-electron chi connectivity index (χ0n) is 11.8. The van der Waals surface area contributed by atoms with Crippen LogP contribution in [-0.2, 0) is 10.8 Å². The number of amides is 1. The van der Waals surface area contributed by atoms with Gasteiger partial charge in [-0.2, -0.15) is 0 Å². The van der Waals surface area contributed by atoms with Gasteiger partial charge in [-0.25, -0.2) is 0 Å². The summed E-state index contributed by atoms with van der Waals surface area (Å²) in [4.78, 5) is 12.9. The Hall–Kier alpha value is -1.65. The quantitative estimate of drug-likeness (QED) is 0.935. The van der Waals surface area contributed by atoms with Crippen LogP contribution in [0.1, 0.15) is 28.9 Å². The zero-order valence-corrected chi connectivity index (χ0v) is 13.4. The largest absolute Gasteiger partial charge is 0.346 e. The lowest BCUT2D eigenvalue weighted by Gasteiger charge is -2.14. The third-order valence-corrected chi connectivity index (χ3v) is 4.32. The fourth-order valence-electron chi connectivity index (χ4n) is 1.94. The van der Waals surface area contributed by atoms with Crippen LogP contribution in [-0.4, -0.2) is 16.4 Å². The SMILES string of the molecule is CC(NC(=O)c1ccc(S(C)=O)cc1)c1cccc(Cl)c1. The maximum Gasteiger partial charge on any atom is 0.251 e. The highest BCUT2D eigenvalue weighted by Crippen LogP contribution is 2.18. The molecule has 0 heterocycles. The van der Waals surface area contributed by atoms with E-state index in [0.29, 0.717) is 15.5 Å². The summed E-state index contributed by atoms with van der Waals surface area (Å²) >= 11 is 5.95. The van der Waals surface area contributed by atoms with Gasteiger partial charge in [0.1, 0.15) is 0 Å². The number of carbonyl (C=O) groups is 1. The van der Waals surface area contributed by atoms with Gasteiger partial charge >= 0.3 is 0 Å². The van der Waals surface area contributed by atoms with Gasteiger partial charge in [0.05, 0.1) is 6.04 Å². The summed E-state index contributed by atoms with van der Waals surface area (Å²) in [7, 11) is -1.04. The molecular weight excluding hydrogens is 306 g/mol. The van der Waals surface area contributed by atoms with Gasteiger partial charge in [-0.05, 0) is 48.9 Å². The molecule has 0 saturated carbocycles. The van der Waals surface area contributed by atoms with Gasteiger partial charge in [-0.3, -0.25) is 9.00 Å². The predicted octanol–water partition coefficient (Wildman–Crippen LogP) is 3.57. The normalized spacial score (nSPS) is 13.5. The number of rotatable bonds is 4. The molecule has 5 heteroatoms. The first-order valence-electron chi connectivity index (χ1n) is 6.47. The highest BCUT2D eigenvalue weighted by Gasteiger charge is 2.12. The van der Waals surface area contributed by atoms with Gasteiger partial charge in [0, 0.05) is 32.5 Å². The standard InChI is InChI=1S/C16H16ClNO2S/c1-11(13-4-3-5-14(17)10-13)18-16(19)12-6-8-15(9-7-12)21(2)20/h3-11H,1-2H3,(H,18,19). The van der Waals surface area contributed by atoms with E-state index in [0.717, 1.165) is 5.56 Å². The number of hydrogen-bond donors (Lipinski definition) is 1. The summed E-state index contributed by atoms with van der Waals surface area (Å²) < 4.78 is 11.3. The Bertz CT molecular complexity index is 670. The van der Waals surface area contributed by atoms with Crippen molar-refractivity contribution >= 4 is 28.3 Å². The van der Waals surface area contributed by atoms with Gasteiger partial charge in [0.15, 0.2) is 0 Å². The topological polar surface area (TPSA) is 46.2 Å². The number of halogens is 1. The molecule has 0 bridgehead atoms. The van der Waals surface area contributed by atoms with E-state index in [9.17, 15) is 9.00 Å². The van der Waals surface area contributed by atoms with Gasteiger partial charge in [0.25, 0.3) is 5.91 Å². The van der Waals surface area contributed by atoms with Gasteiger partial charge in [-0.15, -0.1) is 0 Å². The molecule has 1 amide bonds. The molecule has 2 rings (SSSR count). The van der Waals surface area contributed by atoms with E-state index >= 15 is 0 Å². The molecule has 0 radical (unpaired) electrons. The number of nitrogens with one attached hydrogen (secondary N) is 1. The molecule has 110 valence electrons. The molecule has 0 aromatic heterocycles. The van der Waals surface area contributed by atoms with Crippen molar-refractivity contribution in [2.75, 3.05) is 6.26 Å². The van der Waals surface area contributed by atoms with Crippen LogP contribution in [0.4, 0.5) is 0 Å². The van der Waals surface area contributed by atoms with Crippen molar-refractivity contribution in [3.63, 3.8) is 0 Å². The molecule has 0 aliphatic heterocycles. The smallest absolute Gasteiger partial charge is 0.251 e. The first-order chi connectivity index (χ1) is 9.97. The Balaban J connectivity index is 2.08. The molecule has 3 nitrogen and oxygen atoms in total. The lowest BCUT2D eigenvalue weighted by atomic mass is 10.1. The average Bonchev–Trinajstić information content (AvgIpc) is 2.47. The maximum absolute atomic E-state index is 12.2. The van der Waals surface area contributed by atoms with Crippen LogP contribution >= 0.6 is 11.6 Å². The fourth-order valence-corrected chi connectivity index (χ4v) is 2.66. The van der Waals surface area contributed by atoms with E-state index in [1.54, 1.807) is 36.6 Å². The van der Waals surface area contributed by atoms with Gasteiger partial charge in [0.2, 0.25) is 0 Å². The molecule has 2 aromatic rings. The van der Waals surface area contributed by atoms with E-state index in [4.69, 9.17) is 11.6 Å². The van der Waals surface area contributed by atoms with Crippen molar-refractivity contribution in [3.8, 4) is 0 Å². The lowest BCUT2D eigenvalue weighted by Crippen LogP contribution is -2.26. The number of hydrogen-bond acceptors (Lipinski definition) is 2. The van der Waals surface area contributed by atoms with Crippen molar-refractivity contribution in [1.29, 1.82) is 0 Å². The number of benzene rings is 2. The molecule has 21 heavy (non-hydrogen) atoms. The first-order valence-corrected chi connectivity index (χ1v) is 8.41. The summed E-state index contributed by atoms with van der Waals surface area (Å²) in [5, 5.41) is 3.56. The van der Waals surface area contributed by atoms with Crippen molar-refractivity contribution in [1.82, 2.24) is 5.32 Å². The van der Waals surface area contributed by atoms with Crippen molar-refractivity contribution in [2.45, 2.75) is 17.9 Å². The minimum atomic E-state index is -1.04. The molecule has 0 aliphatic rings. The average molecular weight is 322 g/mol. The highest BCUT2D eigenvalue weighted by atomic mass is 35.5.